The van der Waals surface area contributed by atoms with Crippen molar-refractivity contribution in [1.29, 1.82) is 0 Å². The normalized spacial score (nSPS) is 13.7. The first-order valence-corrected chi connectivity index (χ1v) is 24.1. The molecule has 302 valence electrons. The largest absolute Gasteiger partial charge is 0.457 e. The number of rotatable bonds is 7. The molecule has 0 saturated carbocycles. The monoisotopic (exact) mass is 833 g/mol. The summed E-state index contributed by atoms with van der Waals surface area (Å²) in [6.45, 7) is 0. The molecule has 10 aromatic rings. The first-order valence-electron chi connectivity index (χ1n) is 22.1. The molecule has 0 aromatic heterocycles. The van der Waals surface area contributed by atoms with Crippen LogP contribution in [0.5, 0.6) is 11.5 Å². The van der Waals surface area contributed by atoms with Gasteiger partial charge >= 0.3 is 0 Å². The molecule has 0 saturated heterocycles. The fraction of sp³-hybridized carbons (Fsp3) is 0.0164. The van der Waals surface area contributed by atoms with Crippen molar-refractivity contribution in [3.8, 4) is 33.8 Å². The van der Waals surface area contributed by atoms with Crippen LogP contribution in [0.1, 0.15) is 22.3 Å². The van der Waals surface area contributed by atoms with E-state index in [0.717, 1.165) is 39.7 Å². The molecule has 0 amide bonds. The molecule has 0 bridgehead atoms. The van der Waals surface area contributed by atoms with E-state index in [1.54, 1.807) is 0 Å². The third kappa shape index (κ3) is 5.78. The molecular formula is C61H43NOSi. The topological polar surface area (TPSA) is 12.5 Å². The van der Waals surface area contributed by atoms with E-state index in [2.05, 4.69) is 266 Å². The summed E-state index contributed by atoms with van der Waals surface area (Å²) in [5.41, 5.74) is 12.2. The van der Waals surface area contributed by atoms with Gasteiger partial charge in [-0.1, -0.05) is 212 Å². The van der Waals surface area contributed by atoms with E-state index in [-0.39, 0.29) is 0 Å². The Balaban J connectivity index is 1.18. The van der Waals surface area contributed by atoms with Gasteiger partial charge in [-0.25, -0.2) is 0 Å². The highest BCUT2D eigenvalue weighted by Gasteiger charge is 2.57. The molecule has 64 heavy (non-hydrogen) atoms. The summed E-state index contributed by atoms with van der Waals surface area (Å²) < 4.78 is 6.87. The lowest BCUT2D eigenvalue weighted by Gasteiger charge is -2.51. The molecule has 0 radical (unpaired) electrons. The Bertz CT molecular complexity index is 3110. The summed E-state index contributed by atoms with van der Waals surface area (Å²) in [6, 6.07) is 96.0. The predicted molar refractivity (Wildman–Crippen MR) is 268 cm³/mol. The Morgan fingerprint density at radius 3 is 1.17 bits per heavy atom. The van der Waals surface area contributed by atoms with Crippen molar-refractivity contribution in [2.75, 3.05) is 4.90 Å². The molecule has 3 heteroatoms. The predicted octanol–water partition coefficient (Wildman–Crippen LogP) is 12.7. The van der Waals surface area contributed by atoms with Crippen molar-refractivity contribution in [2.45, 2.75) is 5.41 Å². The van der Waals surface area contributed by atoms with Gasteiger partial charge in [-0.3, -0.25) is 0 Å². The molecule has 0 aliphatic carbocycles. The number of fused-ring (bicyclic) bond motifs is 8. The van der Waals surface area contributed by atoms with E-state index in [1.165, 1.54) is 54.1 Å². The number of benzene rings is 10. The van der Waals surface area contributed by atoms with Gasteiger partial charge in [0, 0.05) is 28.2 Å². The van der Waals surface area contributed by atoms with Crippen LogP contribution < -0.4 is 30.4 Å². The lowest BCUT2D eigenvalue weighted by molar-refractivity contribution is 0.435. The van der Waals surface area contributed by atoms with E-state index in [1.807, 2.05) is 0 Å². The lowest BCUT2D eigenvalue weighted by Crippen LogP contribution is -2.79. The average Bonchev–Trinajstić information content (AvgIpc) is 3.38. The van der Waals surface area contributed by atoms with Gasteiger partial charge in [0.25, 0.3) is 0 Å². The summed E-state index contributed by atoms with van der Waals surface area (Å²) in [6.07, 6.45) is 0. The maximum atomic E-state index is 6.87. The van der Waals surface area contributed by atoms with E-state index in [0.29, 0.717) is 0 Å². The van der Waals surface area contributed by atoms with E-state index >= 15 is 0 Å². The molecule has 2 heterocycles. The van der Waals surface area contributed by atoms with Crippen LogP contribution in [0.15, 0.2) is 261 Å². The highest BCUT2D eigenvalue weighted by molar-refractivity contribution is 7.20. The second-order valence-corrected chi connectivity index (χ2v) is 20.5. The highest BCUT2D eigenvalue weighted by Crippen LogP contribution is 2.56. The van der Waals surface area contributed by atoms with Crippen LogP contribution in [0.4, 0.5) is 17.1 Å². The minimum Gasteiger partial charge on any atom is -0.457 e. The Morgan fingerprint density at radius 1 is 0.297 bits per heavy atom. The minimum absolute atomic E-state index is 0.701. The second kappa shape index (κ2) is 15.4. The van der Waals surface area contributed by atoms with Crippen LogP contribution in [0.25, 0.3) is 22.3 Å². The van der Waals surface area contributed by atoms with E-state index in [9.17, 15) is 0 Å². The van der Waals surface area contributed by atoms with Gasteiger partial charge < -0.3 is 9.64 Å². The Kier molecular flexibility index (Phi) is 9.10. The van der Waals surface area contributed by atoms with Crippen LogP contribution in [0.2, 0.25) is 0 Å². The Morgan fingerprint density at radius 2 is 0.672 bits per heavy atom. The standard InChI is InChI=1S/C61H43NOSi/c1-5-19-44(20-6-1)46-33-37-48(38-34-46)62(49-39-35-47(36-40-49)45-21-7-2-8-22-45)50-41-42-60-56(43-50)61(53-27-13-16-30-57(53)63-58-31-17-14-28-54(58)61)55-29-15-18-32-59(55)64(60,51-23-9-3-10-24-51)52-25-11-4-12-26-52/h1-43H. The fourth-order valence-electron chi connectivity index (χ4n) is 10.8. The number of hydrogen-bond donors (Lipinski definition) is 0. The smallest absolute Gasteiger partial charge is 0.180 e. The number of hydrogen-bond acceptors (Lipinski definition) is 2. The van der Waals surface area contributed by atoms with Gasteiger partial charge in [0.2, 0.25) is 0 Å². The number of nitrogens with zero attached hydrogens (tertiary/aromatic N) is 1. The van der Waals surface area contributed by atoms with Crippen molar-refractivity contribution < 1.29 is 4.74 Å². The summed E-state index contributed by atoms with van der Waals surface area (Å²) in [7, 11) is -2.99. The zero-order chi connectivity index (χ0) is 42.5. The van der Waals surface area contributed by atoms with Crippen LogP contribution in [0.3, 0.4) is 0 Å². The SMILES string of the molecule is c1ccc(-c2ccc(N(c3ccc(-c4ccccc4)cc3)c3ccc4c(c3)C3(c5ccccc5Oc5ccccc53)c3ccccc3[Si]4(c3ccccc3)c3ccccc3)cc2)cc1. The summed E-state index contributed by atoms with van der Waals surface area (Å²) in [4.78, 5) is 2.43. The van der Waals surface area contributed by atoms with Crippen molar-refractivity contribution in [3.63, 3.8) is 0 Å². The zero-order valence-corrected chi connectivity index (χ0v) is 36.2. The Hall–Kier alpha value is -7.98. The van der Waals surface area contributed by atoms with Crippen LogP contribution in [0, 0.1) is 0 Å². The average molecular weight is 834 g/mol. The van der Waals surface area contributed by atoms with Crippen molar-refractivity contribution in [1.82, 2.24) is 0 Å². The molecule has 0 fully saturated rings. The number of ether oxygens (including phenoxy) is 1. The quantitative estimate of drug-likeness (QED) is 0.148. The first kappa shape index (κ1) is 37.8. The van der Waals surface area contributed by atoms with Crippen molar-refractivity contribution in [3.05, 3.63) is 283 Å². The Labute approximate surface area is 376 Å². The van der Waals surface area contributed by atoms with E-state index < -0.39 is 13.5 Å². The molecule has 1 spiro atoms. The van der Waals surface area contributed by atoms with Gasteiger partial charge in [-0.2, -0.15) is 0 Å². The van der Waals surface area contributed by atoms with Crippen molar-refractivity contribution in [2.24, 2.45) is 0 Å². The lowest BCUT2D eigenvalue weighted by atomic mass is 9.63. The van der Waals surface area contributed by atoms with Crippen LogP contribution >= 0.6 is 0 Å². The third-order valence-corrected chi connectivity index (χ3v) is 18.4. The number of anilines is 3. The number of para-hydroxylation sites is 2. The molecular weight excluding hydrogens is 791 g/mol. The van der Waals surface area contributed by atoms with Gasteiger partial charge in [0.1, 0.15) is 11.5 Å². The molecule has 12 rings (SSSR count). The summed E-state index contributed by atoms with van der Waals surface area (Å²) in [5, 5.41) is 5.48. The first-order chi connectivity index (χ1) is 31.7. The third-order valence-electron chi connectivity index (χ3n) is 13.5. The van der Waals surface area contributed by atoms with Gasteiger partial charge in [0.15, 0.2) is 8.07 Å². The molecule has 2 aliphatic rings. The highest BCUT2D eigenvalue weighted by atomic mass is 28.3. The van der Waals surface area contributed by atoms with Crippen molar-refractivity contribution >= 4 is 45.9 Å². The van der Waals surface area contributed by atoms with Gasteiger partial charge in [-0.05, 0) is 103 Å². The van der Waals surface area contributed by atoms with Crippen LogP contribution in [-0.2, 0) is 5.41 Å². The maximum absolute atomic E-state index is 6.87. The van der Waals surface area contributed by atoms with Gasteiger partial charge in [-0.15, -0.1) is 0 Å². The molecule has 0 N–H and O–H groups in total. The van der Waals surface area contributed by atoms with E-state index in [4.69, 9.17) is 4.74 Å². The molecule has 2 nitrogen and oxygen atoms in total. The molecule has 10 aromatic carbocycles. The second-order valence-electron chi connectivity index (χ2n) is 16.8. The van der Waals surface area contributed by atoms with Crippen LogP contribution in [-0.4, -0.2) is 8.07 Å². The molecule has 0 unspecified atom stereocenters. The maximum Gasteiger partial charge on any atom is 0.180 e. The zero-order valence-electron chi connectivity index (χ0n) is 35.2. The molecule has 0 atom stereocenters. The molecule has 2 aliphatic heterocycles. The fourth-order valence-corrected chi connectivity index (χ4v) is 16.1. The summed E-state index contributed by atoms with van der Waals surface area (Å²) in [5.74, 6) is 1.76. The van der Waals surface area contributed by atoms with Gasteiger partial charge in [0.05, 0.1) is 5.41 Å². The summed E-state index contributed by atoms with van der Waals surface area (Å²) >= 11 is 0. The minimum atomic E-state index is -2.99.